The van der Waals surface area contributed by atoms with Crippen LogP contribution in [0, 0.1) is 0 Å². The van der Waals surface area contributed by atoms with Crippen LogP contribution < -0.4 is 5.32 Å². The van der Waals surface area contributed by atoms with E-state index in [1.807, 2.05) is 0 Å². The lowest BCUT2D eigenvalue weighted by atomic mass is 10.1. The molecular formula is C13H28N2. The number of hydrogen-bond donors (Lipinski definition) is 1. The third kappa shape index (κ3) is 4.98. The zero-order valence-electron chi connectivity index (χ0n) is 10.8. The van der Waals surface area contributed by atoms with Crippen molar-refractivity contribution >= 4 is 0 Å². The average molecular weight is 212 g/mol. The molecule has 2 heteroatoms. The standard InChI is InChI=1S/C13H28N2/c1-4-13(5-2)14-12(3)11-15-9-7-6-8-10-15/h12-14H,4-11H2,1-3H3. The summed E-state index contributed by atoms with van der Waals surface area (Å²) in [7, 11) is 0. The molecule has 1 heterocycles. The maximum atomic E-state index is 3.72. The Bertz CT molecular complexity index is 149. The molecule has 1 rings (SSSR count). The lowest BCUT2D eigenvalue weighted by molar-refractivity contribution is 0.203. The number of nitrogens with zero attached hydrogens (tertiary/aromatic N) is 1. The Hall–Kier alpha value is -0.0800. The molecule has 1 fully saturated rings. The first kappa shape index (κ1) is 13.0. The second-order valence-electron chi connectivity index (χ2n) is 4.94. The minimum atomic E-state index is 0.646. The molecular weight excluding hydrogens is 184 g/mol. The SMILES string of the molecule is CCC(CC)NC(C)CN1CCCCC1. The summed E-state index contributed by atoms with van der Waals surface area (Å²) in [6.45, 7) is 10.7. The van der Waals surface area contributed by atoms with Gasteiger partial charge in [-0.3, -0.25) is 0 Å². The number of nitrogens with one attached hydrogen (secondary N) is 1. The fourth-order valence-corrected chi connectivity index (χ4v) is 2.51. The molecule has 1 aliphatic heterocycles. The van der Waals surface area contributed by atoms with Crippen molar-refractivity contribution in [2.45, 2.75) is 65.0 Å². The molecule has 0 radical (unpaired) electrons. The highest BCUT2D eigenvalue weighted by Gasteiger charge is 2.14. The van der Waals surface area contributed by atoms with Crippen molar-refractivity contribution in [1.29, 1.82) is 0 Å². The van der Waals surface area contributed by atoms with Gasteiger partial charge in [0.15, 0.2) is 0 Å². The van der Waals surface area contributed by atoms with Gasteiger partial charge in [-0.15, -0.1) is 0 Å². The van der Waals surface area contributed by atoms with Crippen LogP contribution in [-0.4, -0.2) is 36.6 Å². The largest absolute Gasteiger partial charge is 0.310 e. The maximum Gasteiger partial charge on any atom is 0.0169 e. The molecule has 1 aliphatic rings. The highest BCUT2D eigenvalue weighted by atomic mass is 15.2. The lowest BCUT2D eigenvalue weighted by Gasteiger charge is -2.31. The Labute approximate surface area is 95.4 Å². The van der Waals surface area contributed by atoms with Gasteiger partial charge in [0.1, 0.15) is 0 Å². The predicted molar refractivity (Wildman–Crippen MR) is 67.3 cm³/mol. The highest BCUT2D eigenvalue weighted by molar-refractivity contribution is 4.74. The molecule has 0 aromatic heterocycles. The van der Waals surface area contributed by atoms with Gasteiger partial charge in [-0.1, -0.05) is 20.3 Å². The Kier molecular flexibility index (Phi) is 6.26. The van der Waals surface area contributed by atoms with Gasteiger partial charge in [0, 0.05) is 18.6 Å². The first-order chi connectivity index (χ1) is 7.26. The average Bonchev–Trinajstić information content (AvgIpc) is 2.27. The van der Waals surface area contributed by atoms with E-state index >= 15 is 0 Å². The van der Waals surface area contributed by atoms with Crippen molar-refractivity contribution < 1.29 is 0 Å². The molecule has 1 atom stereocenters. The zero-order valence-corrected chi connectivity index (χ0v) is 10.8. The predicted octanol–water partition coefficient (Wildman–Crippen LogP) is 2.64. The first-order valence-corrected chi connectivity index (χ1v) is 6.74. The van der Waals surface area contributed by atoms with E-state index < -0.39 is 0 Å². The number of rotatable bonds is 6. The fourth-order valence-electron chi connectivity index (χ4n) is 2.51. The van der Waals surface area contributed by atoms with E-state index in [2.05, 4.69) is 31.0 Å². The van der Waals surface area contributed by atoms with E-state index in [0.29, 0.717) is 12.1 Å². The summed E-state index contributed by atoms with van der Waals surface area (Å²) in [6.07, 6.45) is 6.74. The van der Waals surface area contributed by atoms with Gasteiger partial charge < -0.3 is 10.2 Å². The van der Waals surface area contributed by atoms with Gasteiger partial charge >= 0.3 is 0 Å². The number of piperidine rings is 1. The van der Waals surface area contributed by atoms with Crippen molar-refractivity contribution in [3.8, 4) is 0 Å². The number of likely N-dealkylation sites (tertiary alicyclic amines) is 1. The molecule has 0 spiro atoms. The van der Waals surface area contributed by atoms with E-state index in [1.54, 1.807) is 0 Å². The number of hydrogen-bond acceptors (Lipinski definition) is 2. The normalized spacial score (nSPS) is 20.8. The summed E-state index contributed by atoms with van der Waals surface area (Å²) in [5.41, 5.74) is 0. The van der Waals surface area contributed by atoms with Gasteiger partial charge in [-0.25, -0.2) is 0 Å². The summed E-state index contributed by atoms with van der Waals surface area (Å²) in [5, 5.41) is 3.72. The van der Waals surface area contributed by atoms with Crippen molar-refractivity contribution in [2.24, 2.45) is 0 Å². The van der Waals surface area contributed by atoms with Crippen LogP contribution in [0.25, 0.3) is 0 Å². The minimum absolute atomic E-state index is 0.646. The molecule has 0 amide bonds. The molecule has 0 aromatic carbocycles. The molecule has 0 aromatic rings. The molecule has 0 aliphatic carbocycles. The Morgan fingerprint density at radius 1 is 1.07 bits per heavy atom. The van der Waals surface area contributed by atoms with Crippen LogP contribution in [0.3, 0.4) is 0 Å². The van der Waals surface area contributed by atoms with Crippen LogP contribution in [0.1, 0.15) is 52.9 Å². The van der Waals surface area contributed by atoms with Crippen LogP contribution in [-0.2, 0) is 0 Å². The summed E-state index contributed by atoms with van der Waals surface area (Å²) in [6, 6.07) is 1.36. The van der Waals surface area contributed by atoms with E-state index in [1.165, 1.54) is 51.7 Å². The molecule has 2 nitrogen and oxygen atoms in total. The van der Waals surface area contributed by atoms with Gasteiger partial charge in [0.05, 0.1) is 0 Å². The third-order valence-electron chi connectivity index (χ3n) is 3.49. The van der Waals surface area contributed by atoms with Crippen LogP contribution >= 0.6 is 0 Å². The minimum Gasteiger partial charge on any atom is -0.310 e. The summed E-state index contributed by atoms with van der Waals surface area (Å²) in [4.78, 5) is 2.61. The zero-order chi connectivity index (χ0) is 11.1. The Morgan fingerprint density at radius 2 is 1.67 bits per heavy atom. The fraction of sp³-hybridized carbons (Fsp3) is 1.00. The van der Waals surface area contributed by atoms with Crippen LogP contribution in [0.15, 0.2) is 0 Å². The van der Waals surface area contributed by atoms with Gasteiger partial charge in [-0.05, 0) is 45.7 Å². The second kappa shape index (κ2) is 7.24. The van der Waals surface area contributed by atoms with Gasteiger partial charge in [-0.2, -0.15) is 0 Å². The highest BCUT2D eigenvalue weighted by Crippen LogP contribution is 2.09. The van der Waals surface area contributed by atoms with Crippen molar-refractivity contribution in [2.75, 3.05) is 19.6 Å². The third-order valence-corrected chi connectivity index (χ3v) is 3.49. The molecule has 0 saturated carbocycles. The monoisotopic (exact) mass is 212 g/mol. The van der Waals surface area contributed by atoms with E-state index in [9.17, 15) is 0 Å². The summed E-state index contributed by atoms with van der Waals surface area (Å²) < 4.78 is 0. The maximum absolute atomic E-state index is 3.72. The van der Waals surface area contributed by atoms with Crippen molar-refractivity contribution in [1.82, 2.24) is 10.2 Å². The van der Waals surface area contributed by atoms with Crippen LogP contribution in [0.5, 0.6) is 0 Å². The quantitative estimate of drug-likeness (QED) is 0.728. The van der Waals surface area contributed by atoms with E-state index in [4.69, 9.17) is 0 Å². The van der Waals surface area contributed by atoms with E-state index in [0.717, 1.165) is 0 Å². The smallest absolute Gasteiger partial charge is 0.0169 e. The molecule has 1 saturated heterocycles. The van der Waals surface area contributed by atoms with Crippen LogP contribution in [0.4, 0.5) is 0 Å². The summed E-state index contributed by atoms with van der Waals surface area (Å²) in [5.74, 6) is 0. The lowest BCUT2D eigenvalue weighted by Crippen LogP contribution is -2.45. The van der Waals surface area contributed by atoms with Gasteiger partial charge in [0.25, 0.3) is 0 Å². The topological polar surface area (TPSA) is 15.3 Å². The molecule has 90 valence electrons. The van der Waals surface area contributed by atoms with Crippen molar-refractivity contribution in [3.63, 3.8) is 0 Å². The van der Waals surface area contributed by atoms with Crippen molar-refractivity contribution in [3.05, 3.63) is 0 Å². The molecule has 1 N–H and O–H groups in total. The van der Waals surface area contributed by atoms with E-state index in [-0.39, 0.29) is 0 Å². The molecule has 0 bridgehead atoms. The Morgan fingerprint density at radius 3 is 2.20 bits per heavy atom. The van der Waals surface area contributed by atoms with Crippen LogP contribution in [0.2, 0.25) is 0 Å². The van der Waals surface area contributed by atoms with Gasteiger partial charge in [0.2, 0.25) is 0 Å². The molecule has 1 unspecified atom stereocenters. The second-order valence-corrected chi connectivity index (χ2v) is 4.94. The first-order valence-electron chi connectivity index (χ1n) is 6.74. The molecule has 15 heavy (non-hydrogen) atoms. The Balaban J connectivity index is 2.18. The summed E-state index contributed by atoms with van der Waals surface area (Å²) >= 11 is 0.